The molecule has 0 fully saturated rings. The van der Waals surface area contributed by atoms with Gasteiger partial charge in [-0.15, -0.1) is 6.82 Å². The fourth-order valence-corrected chi connectivity index (χ4v) is 10.8. The van der Waals surface area contributed by atoms with E-state index in [-0.39, 0.29) is 0 Å². The lowest BCUT2D eigenvalue weighted by molar-refractivity contribution is 2.32. The van der Waals surface area contributed by atoms with Gasteiger partial charge in [-0.1, -0.05) is 0 Å². The summed E-state index contributed by atoms with van der Waals surface area (Å²) in [5.74, 6) is 0. The third-order valence-electron chi connectivity index (χ3n) is 11.9. The summed E-state index contributed by atoms with van der Waals surface area (Å²) in [5, 5.41) is 0. The molecule has 0 aliphatic carbocycles. The fourth-order valence-electron chi connectivity index (χ4n) is 10.8. The highest BCUT2D eigenvalue weighted by Crippen LogP contribution is 2.17. The Bertz CT molecular complexity index is 617. The van der Waals surface area contributed by atoms with Gasteiger partial charge in [0.25, 0.3) is 0 Å². The van der Waals surface area contributed by atoms with Crippen LogP contribution in [0.3, 0.4) is 0 Å². The Morgan fingerprint density at radius 3 is 0.825 bits per heavy atom. The molecule has 39 heteroatoms. The van der Waals surface area contributed by atoms with Crippen LogP contribution in [-0.2, 0) is 0 Å². The van der Waals surface area contributed by atoms with Crippen LogP contribution in [0.5, 0.6) is 0 Å². The van der Waals surface area contributed by atoms with E-state index in [1.54, 1.807) is 0 Å². The first kappa shape index (κ1) is 42.5. The molecule has 0 N–H and O–H groups in total. The highest BCUT2D eigenvalue weighted by Gasteiger charge is 2.55. The van der Waals surface area contributed by atoms with Crippen LogP contribution < -0.4 is 0 Å². The van der Waals surface area contributed by atoms with E-state index in [4.69, 9.17) is 0 Å². The zero-order chi connectivity index (χ0) is 31.8. The third kappa shape index (κ3) is 11.4. The van der Waals surface area contributed by atoms with Crippen molar-refractivity contribution < 1.29 is 0 Å². The summed E-state index contributed by atoms with van der Waals surface area (Å²) in [6.45, 7) is 3.49. The molecule has 0 bridgehead atoms. The quantitative estimate of drug-likeness (QED) is 0.162. The minimum absolute atomic E-state index is 0.709. The van der Waals surface area contributed by atoms with Gasteiger partial charge in [0.2, 0.25) is 0 Å². The van der Waals surface area contributed by atoms with Gasteiger partial charge >= 0.3 is 0 Å². The van der Waals surface area contributed by atoms with E-state index in [0.29, 0.717) is 38.4 Å². The molecule has 0 saturated heterocycles. The first-order chi connectivity index (χ1) is 18.3. The molecule has 0 radical (unpaired) electrons. The molecule has 0 aliphatic heterocycles. The first-order valence-corrected chi connectivity index (χ1v) is 18.3. The van der Waals surface area contributed by atoms with Gasteiger partial charge < -0.3 is 0 Å². The number of hydrogen-bond acceptors (Lipinski definition) is 0. The maximum atomic E-state index is 2.78. The van der Waals surface area contributed by atoms with Crippen molar-refractivity contribution in [1.82, 2.24) is 0 Å². The summed E-state index contributed by atoms with van der Waals surface area (Å²) < 4.78 is 0. The monoisotopic (exact) mass is 485 g/mol. The van der Waals surface area contributed by atoms with E-state index in [9.17, 15) is 0 Å². The van der Waals surface area contributed by atoms with E-state index in [2.05, 4.69) is 154 Å². The molecule has 0 aromatic rings. The second kappa shape index (κ2) is 19.9. The van der Waals surface area contributed by atoms with Crippen LogP contribution >= 0.6 is 0 Å². The summed E-state index contributed by atoms with van der Waals surface area (Å²) in [4.78, 5) is 0. The average molecular weight is 477 g/mol. The maximum absolute atomic E-state index is 2.78. The predicted octanol–water partition coefficient (Wildman–Crippen LogP) is -25.0. The van der Waals surface area contributed by atoms with Crippen LogP contribution in [0.1, 0.15) is 0 Å². The van der Waals surface area contributed by atoms with Crippen molar-refractivity contribution in [3.63, 3.8) is 0 Å². The summed E-state index contributed by atoms with van der Waals surface area (Å²) in [5.41, 5.74) is 0. The van der Waals surface area contributed by atoms with Crippen LogP contribution in [0.4, 0.5) is 0 Å². The molecule has 0 atom stereocenters. The van der Waals surface area contributed by atoms with Gasteiger partial charge in [0, 0.05) is 129 Å². The van der Waals surface area contributed by atoms with Crippen LogP contribution in [0.15, 0.2) is 0 Å². The zero-order valence-corrected chi connectivity index (χ0v) is 31.8. The molecule has 0 aromatic heterocycles. The second-order valence-corrected chi connectivity index (χ2v) is 17.3. The molecule has 0 amide bonds. The van der Waals surface area contributed by atoms with Crippen molar-refractivity contribution in [1.29, 1.82) is 0 Å². The van der Waals surface area contributed by atoms with E-state index < -0.39 is 0 Å². The van der Waals surface area contributed by atoms with Crippen LogP contribution in [-0.4, -0.2) is 276 Å². The van der Waals surface area contributed by atoms with Gasteiger partial charge in [0.1, 0.15) is 0 Å². The van der Waals surface area contributed by atoms with Crippen molar-refractivity contribution in [2.24, 2.45) is 0 Å². The molecule has 0 saturated carbocycles. The standard InChI is InChI=1S/CH43B39/c1-23(34(36(25(6)7)26(8)9)39(31(18)19)33(22-3)24(4)5)35(37(27(10)11)28(12)13)40(32(20)21-2)38(29(14)15)30(16)17/h21-22H,2-20H2,1H3. The lowest BCUT2D eigenvalue weighted by Crippen LogP contribution is -2.89. The summed E-state index contributed by atoms with van der Waals surface area (Å²) in [7, 11) is 50.9. The molecule has 0 aromatic carbocycles. The van der Waals surface area contributed by atoms with Crippen molar-refractivity contribution in [2.75, 3.05) is 0 Å². The Morgan fingerprint density at radius 2 is 0.600 bits per heavy atom. The Morgan fingerprint density at radius 1 is 0.325 bits per heavy atom. The van der Waals surface area contributed by atoms with E-state index >= 15 is 0 Å². The first-order valence-electron chi connectivity index (χ1n) is 18.3. The van der Waals surface area contributed by atoms with Gasteiger partial charge in [-0.3, -0.25) is 0 Å². The van der Waals surface area contributed by atoms with Crippen molar-refractivity contribution in [3.8, 4) is 0 Å². The molecular weight excluding hydrogens is 434 g/mol. The van der Waals surface area contributed by atoms with Crippen LogP contribution in [0.2, 0.25) is 6.82 Å². The molecule has 40 heavy (non-hydrogen) atoms. The zero-order valence-electron chi connectivity index (χ0n) is 31.8. The molecular formula is CH43B39. The topological polar surface area (TPSA) is 0 Å². The number of hydrogen-bond donors (Lipinski definition) is 0. The van der Waals surface area contributed by atoms with Gasteiger partial charge in [-0.25, -0.2) is 0 Å². The van der Waals surface area contributed by atoms with E-state index in [0.717, 1.165) is 76.6 Å². The maximum Gasteiger partial charge on any atom is 0.0594 e. The highest BCUT2D eigenvalue weighted by atomic mass is 13.4. The third-order valence-corrected chi connectivity index (χ3v) is 11.9. The van der Waals surface area contributed by atoms with Crippen molar-refractivity contribution >= 4 is 276 Å². The minimum Gasteiger partial charge on any atom is -0.101 e. The van der Waals surface area contributed by atoms with Crippen LogP contribution in [0, 0.1) is 0 Å². The molecule has 0 nitrogen and oxygen atoms in total. The van der Waals surface area contributed by atoms with Gasteiger partial charge in [0.05, 0.1) is 147 Å². The van der Waals surface area contributed by atoms with Crippen molar-refractivity contribution in [2.45, 2.75) is 6.82 Å². The predicted molar refractivity (Wildman–Crippen MR) is 286 cm³/mol. The molecule has 0 rings (SSSR count). The van der Waals surface area contributed by atoms with Gasteiger partial charge in [0.15, 0.2) is 0 Å². The fraction of sp³-hybridized carbons (Fsp3) is 1.00. The molecule has 0 unspecified atom stereocenters. The largest absolute Gasteiger partial charge is 0.101 e. The molecule has 0 spiro atoms. The lowest BCUT2D eigenvalue weighted by Gasteiger charge is -2.50. The Hall–Kier alpha value is 2.53. The second-order valence-electron chi connectivity index (χ2n) is 17.3. The van der Waals surface area contributed by atoms with E-state index in [1.165, 1.54) is 14.1 Å². The smallest absolute Gasteiger partial charge is 0.0594 e. The molecule has 164 valence electrons. The summed E-state index contributed by atoms with van der Waals surface area (Å²) >= 11 is 0. The van der Waals surface area contributed by atoms with Gasteiger partial charge in [-0.2, -0.15) is 0 Å². The van der Waals surface area contributed by atoms with Crippen LogP contribution in [0.25, 0.3) is 0 Å². The normalized spacial score (nSPS) is 9.53. The lowest BCUT2D eigenvalue weighted by atomic mass is 8.31. The Balaban J connectivity index is 7.84. The SMILES string of the molecule is BBB(B)B(B(B(B)B)B(B)B)B(B(C)B(B(B(B)B)B(B)B)B(B(B)B)B(BB)B(B)B)B(B(B)B)B(B)B. The van der Waals surface area contributed by atoms with Crippen molar-refractivity contribution in [3.05, 3.63) is 0 Å². The highest BCUT2D eigenvalue weighted by molar-refractivity contribution is 8.27. The molecule has 0 heterocycles. The minimum atomic E-state index is 0.709. The average Bonchev–Trinajstić information content (AvgIpc) is 2.80. The molecule has 0 aliphatic rings. The van der Waals surface area contributed by atoms with E-state index in [1.807, 2.05) is 0 Å². The summed E-state index contributed by atoms with van der Waals surface area (Å²) in [6.07, 6.45) is 12.6. The Kier molecular flexibility index (Phi) is 21.2. The summed E-state index contributed by atoms with van der Waals surface area (Å²) in [6, 6.07) is 0. The number of rotatable bonds is 19. The Labute approximate surface area is 281 Å². The van der Waals surface area contributed by atoms with Gasteiger partial charge in [-0.05, 0) is 0 Å².